The number of nitrogens with one attached hydrogen (secondary N) is 3. The largest absolute Gasteiger partial charge is 0.315 e. The summed E-state index contributed by atoms with van der Waals surface area (Å²) in [6.45, 7) is 3.97. The average molecular weight is 232 g/mol. The van der Waals surface area contributed by atoms with Gasteiger partial charge in [-0.15, -0.1) is 0 Å². The highest BCUT2D eigenvalue weighted by atomic mass is 32.2. The lowest BCUT2D eigenvalue weighted by Crippen LogP contribution is -2.32. The second-order valence-electron chi connectivity index (χ2n) is 3.08. The van der Waals surface area contributed by atoms with Gasteiger partial charge in [-0.2, -0.15) is 5.10 Å². The Balaban J connectivity index is 2.32. The highest BCUT2D eigenvalue weighted by Gasteiger charge is 2.13. The Kier molecular flexibility index (Phi) is 4.73. The molecule has 0 saturated carbocycles. The summed E-state index contributed by atoms with van der Waals surface area (Å²) in [5.41, 5.74) is 0. The third kappa shape index (κ3) is 3.98. The van der Waals surface area contributed by atoms with Crippen LogP contribution in [0.15, 0.2) is 17.3 Å². The van der Waals surface area contributed by atoms with Crippen molar-refractivity contribution in [2.24, 2.45) is 0 Å². The molecule has 3 N–H and O–H groups in total. The van der Waals surface area contributed by atoms with Crippen molar-refractivity contribution in [2.75, 3.05) is 19.6 Å². The Morgan fingerprint density at radius 1 is 1.40 bits per heavy atom. The number of hydrogen-bond donors (Lipinski definition) is 3. The molecule has 0 aromatic carbocycles. The maximum Gasteiger partial charge on any atom is 0.243 e. The van der Waals surface area contributed by atoms with Crippen molar-refractivity contribution in [2.45, 2.75) is 18.2 Å². The van der Waals surface area contributed by atoms with Crippen LogP contribution in [0.5, 0.6) is 0 Å². The highest BCUT2D eigenvalue weighted by Crippen LogP contribution is 2.02. The molecule has 0 aliphatic carbocycles. The second-order valence-corrected chi connectivity index (χ2v) is 4.85. The Hall–Kier alpha value is -0.920. The van der Waals surface area contributed by atoms with Gasteiger partial charge in [-0.05, 0) is 13.0 Å². The van der Waals surface area contributed by atoms with Crippen LogP contribution in [0, 0.1) is 0 Å². The Bertz CT molecular complexity index is 360. The summed E-state index contributed by atoms with van der Waals surface area (Å²) >= 11 is 0. The standard InChI is InChI=1S/C8H16N4O2S/c1-2-3-9-4-5-12-15(13,14)8-6-10-11-7-8/h6-7,9,12H,2-5H2,1H3,(H,10,11). The SMILES string of the molecule is CCCNCCNS(=O)(=O)c1cn[nH]c1. The molecular weight excluding hydrogens is 216 g/mol. The molecule has 0 atom stereocenters. The molecule has 1 heterocycles. The topological polar surface area (TPSA) is 86.9 Å². The van der Waals surface area contributed by atoms with Crippen molar-refractivity contribution in [3.63, 3.8) is 0 Å². The van der Waals surface area contributed by atoms with E-state index in [0.29, 0.717) is 13.1 Å². The lowest BCUT2D eigenvalue weighted by Gasteiger charge is -2.05. The zero-order chi connectivity index (χ0) is 11.1. The van der Waals surface area contributed by atoms with Crippen LogP contribution < -0.4 is 10.0 Å². The molecule has 7 heteroatoms. The Morgan fingerprint density at radius 2 is 2.20 bits per heavy atom. The molecule has 0 radical (unpaired) electrons. The first-order valence-electron chi connectivity index (χ1n) is 4.86. The molecule has 0 aliphatic rings. The van der Waals surface area contributed by atoms with E-state index in [0.717, 1.165) is 13.0 Å². The molecule has 1 rings (SSSR count). The van der Waals surface area contributed by atoms with E-state index in [1.807, 2.05) is 0 Å². The molecule has 1 aromatic heterocycles. The predicted molar refractivity (Wildman–Crippen MR) is 56.9 cm³/mol. The first-order chi connectivity index (χ1) is 7.17. The number of aromatic nitrogens is 2. The monoisotopic (exact) mass is 232 g/mol. The zero-order valence-corrected chi connectivity index (χ0v) is 9.47. The summed E-state index contributed by atoms with van der Waals surface area (Å²) in [5, 5.41) is 9.15. The summed E-state index contributed by atoms with van der Waals surface area (Å²) in [6.07, 6.45) is 3.66. The van der Waals surface area contributed by atoms with Gasteiger partial charge >= 0.3 is 0 Å². The summed E-state index contributed by atoms with van der Waals surface area (Å²) in [6, 6.07) is 0. The molecule has 0 amide bonds. The van der Waals surface area contributed by atoms with Gasteiger partial charge in [0.05, 0.1) is 6.20 Å². The van der Waals surface area contributed by atoms with Crippen LogP contribution >= 0.6 is 0 Å². The van der Waals surface area contributed by atoms with Crippen molar-refractivity contribution in [1.29, 1.82) is 0 Å². The van der Waals surface area contributed by atoms with Crippen LogP contribution in [0.2, 0.25) is 0 Å². The number of hydrogen-bond acceptors (Lipinski definition) is 4. The molecule has 0 aliphatic heterocycles. The molecule has 0 unspecified atom stereocenters. The van der Waals surface area contributed by atoms with Gasteiger partial charge in [0, 0.05) is 19.3 Å². The van der Waals surface area contributed by atoms with E-state index in [2.05, 4.69) is 27.2 Å². The van der Waals surface area contributed by atoms with E-state index < -0.39 is 10.0 Å². The maximum absolute atomic E-state index is 11.5. The van der Waals surface area contributed by atoms with E-state index in [9.17, 15) is 8.42 Å². The first kappa shape index (κ1) is 12.2. The Labute approximate surface area is 89.5 Å². The molecule has 6 nitrogen and oxygen atoms in total. The molecule has 0 spiro atoms. The van der Waals surface area contributed by atoms with Crippen molar-refractivity contribution >= 4 is 10.0 Å². The van der Waals surface area contributed by atoms with Crippen molar-refractivity contribution in [1.82, 2.24) is 20.2 Å². The zero-order valence-electron chi connectivity index (χ0n) is 8.66. The van der Waals surface area contributed by atoms with Crippen LogP contribution in [0.4, 0.5) is 0 Å². The van der Waals surface area contributed by atoms with E-state index in [1.165, 1.54) is 12.4 Å². The molecule has 15 heavy (non-hydrogen) atoms. The third-order valence-electron chi connectivity index (χ3n) is 1.80. The highest BCUT2D eigenvalue weighted by molar-refractivity contribution is 7.89. The van der Waals surface area contributed by atoms with Gasteiger partial charge in [-0.3, -0.25) is 5.10 Å². The van der Waals surface area contributed by atoms with E-state index in [1.54, 1.807) is 0 Å². The minimum absolute atomic E-state index is 0.165. The molecule has 0 fully saturated rings. The van der Waals surface area contributed by atoms with Gasteiger partial charge in [-0.1, -0.05) is 6.92 Å². The fourth-order valence-corrected chi connectivity index (χ4v) is 1.98. The molecular formula is C8H16N4O2S. The number of H-pyrrole nitrogens is 1. The fourth-order valence-electron chi connectivity index (χ4n) is 1.04. The number of aromatic amines is 1. The average Bonchev–Trinajstić information content (AvgIpc) is 2.70. The predicted octanol–water partition coefficient (Wildman–Crippen LogP) is -0.312. The number of rotatable bonds is 7. The van der Waals surface area contributed by atoms with Gasteiger partial charge < -0.3 is 5.32 Å². The molecule has 0 saturated heterocycles. The fraction of sp³-hybridized carbons (Fsp3) is 0.625. The summed E-state index contributed by atoms with van der Waals surface area (Å²) in [4.78, 5) is 0.165. The van der Waals surface area contributed by atoms with Crippen LogP contribution in [0.1, 0.15) is 13.3 Å². The van der Waals surface area contributed by atoms with Gasteiger partial charge in [0.2, 0.25) is 10.0 Å². The minimum atomic E-state index is -3.39. The minimum Gasteiger partial charge on any atom is -0.315 e. The van der Waals surface area contributed by atoms with Gasteiger partial charge in [-0.25, -0.2) is 13.1 Å². The lowest BCUT2D eigenvalue weighted by atomic mass is 10.5. The van der Waals surface area contributed by atoms with Gasteiger partial charge in [0.25, 0.3) is 0 Å². The van der Waals surface area contributed by atoms with Crippen LogP contribution in [-0.2, 0) is 10.0 Å². The third-order valence-corrected chi connectivity index (χ3v) is 3.23. The van der Waals surface area contributed by atoms with Gasteiger partial charge in [0.1, 0.15) is 4.90 Å². The van der Waals surface area contributed by atoms with Crippen LogP contribution in [0.25, 0.3) is 0 Å². The summed E-state index contributed by atoms with van der Waals surface area (Å²) in [7, 11) is -3.39. The van der Waals surface area contributed by atoms with E-state index in [4.69, 9.17) is 0 Å². The molecule has 1 aromatic rings. The van der Waals surface area contributed by atoms with Crippen molar-refractivity contribution < 1.29 is 8.42 Å². The van der Waals surface area contributed by atoms with Crippen LogP contribution in [-0.4, -0.2) is 38.2 Å². The first-order valence-corrected chi connectivity index (χ1v) is 6.34. The maximum atomic E-state index is 11.5. The van der Waals surface area contributed by atoms with Crippen LogP contribution in [0.3, 0.4) is 0 Å². The summed E-state index contributed by atoms with van der Waals surface area (Å²) in [5.74, 6) is 0. The second kappa shape index (κ2) is 5.84. The summed E-state index contributed by atoms with van der Waals surface area (Å²) < 4.78 is 25.5. The number of sulfonamides is 1. The Morgan fingerprint density at radius 3 is 2.80 bits per heavy atom. The lowest BCUT2D eigenvalue weighted by molar-refractivity contribution is 0.575. The smallest absolute Gasteiger partial charge is 0.243 e. The number of nitrogens with zero attached hydrogens (tertiary/aromatic N) is 1. The normalized spacial score (nSPS) is 11.8. The van der Waals surface area contributed by atoms with Gasteiger partial charge in [0.15, 0.2) is 0 Å². The molecule has 0 bridgehead atoms. The quantitative estimate of drug-likeness (QED) is 0.563. The van der Waals surface area contributed by atoms with Crippen molar-refractivity contribution in [3.05, 3.63) is 12.4 Å². The van der Waals surface area contributed by atoms with Crippen molar-refractivity contribution in [3.8, 4) is 0 Å². The van der Waals surface area contributed by atoms with E-state index >= 15 is 0 Å². The van der Waals surface area contributed by atoms with E-state index in [-0.39, 0.29) is 4.90 Å². The molecule has 86 valence electrons.